The van der Waals surface area contributed by atoms with Crippen molar-refractivity contribution in [3.05, 3.63) is 46.4 Å². The first-order valence-electron chi connectivity index (χ1n) is 6.89. The Hall–Kier alpha value is -2.26. The number of carbonyl (C=O) groups excluding carboxylic acids is 1. The van der Waals surface area contributed by atoms with Crippen molar-refractivity contribution in [1.82, 2.24) is 19.8 Å². The van der Waals surface area contributed by atoms with Crippen LogP contribution in [0.1, 0.15) is 12.5 Å². The summed E-state index contributed by atoms with van der Waals surface area (Å²) in [7, 11) is 0. The van der Waals surface area contributed by atoms with Gasteiger partial charge in [0.25, 0.3) is 5.56 Å². The minimum Gasteiger partial charge on any atom is -0.325 e. The van der Waals surface area contributed by atoms with Crippen molar-refractivity contribution in [2.24, 2.45) is 0 Å². The fourth-order valence-electron chi connectivity index (χ4n) is 1.91. The zero-order valence-corrected chi connectivity index (χ0v) is 13.9. The number of thioether (sulfide) groups is 1. The Balaban J connectivity index is 1.63. The molecule has 0 aliphatic heterocycles. The lowest BCUT2D eigenvalue weighted by molar-refractivity contribution is -0.113. The summed E-state index contributed by atoms with van der Waals surface area (Å²) in [5.74, 6) is 0.0826. The number of carbonyl (C=O) groups is 1. The first kappa shape index (κ1) is 15.6. The molecule has 1 aromatic carbocycles. The van der Waals surface area contributed by atoms with Gasteiger partial charge < -0.3 is 5.32 Å². The number of anilines is 1. The molecular formula is C14H13N5O2S2. The Morgan fingerprint density at radius 3 is 3.09 bits per heavy atom. The molecule has 9 heteroatoms. The van der Waals surface area contributed by atoms with Gasteiger partial charge in [0, 0.05) is 5.69 Å². The quantitative estimate of drug-likeness (QED) is 0.709. The van der Waals surface area contributed by atoms with Crippen LogP contribution >= 0.6 is 23.1 Å². The summed E-state index contributed by atoms with van der Waals surface area (Å²) in [5, 5.41) is 14.4. The van der Waals surface area contributed by atoms with Gasteiger partial charge in [-0.1, -0.05) is 42.2 Å². The van der Waals surface area contributed by atoms with Gasteiger partial charge >= 0.3 is 0 Å². The van der Waals surface area contributed by atoms with Gasteiger partial charge in [-0.3, -0.25) is 9.59 Å². The molecule has 2 heterocycles. The van der Waals surface area contributed by atoms with Crippen molar-refractivity contribution in [1.29, 1.82) is 0 Å². The highest BCUT2D eigenvalue weighted by Gasteiger charge is 2.10. The molecule has 0 spiro atoms. The zero-order valence-electron chi connectivity index (χ0n) is 12.2. The lowest BCUT2D eigenvalue weighted by atomic mass is 10.1. The molecule has 1 amide bonds. The van der Waals surface area contributed by atoms with Crippen molar-refractivity contribution in [3.63, 3.8) is 0 Å². The average molecular weight is 347 g/mol. The summed E-state index contributed by atoms with van der Waals surface area (Å²) in [6.45, 7) is 2.06. The predicted molar refractivity (Wildman–Crippen MR) is 90.1 cm³/mol. The Labute approximate surface area is 139 Å². The molecule has 0 saturated carbocycles. The molecule has 0 saturated heterocycles. The highest BCUT2D eigenvalue weighted by atomic mass is 32.2. The second-order valence-corrected chi connectivity index (χ2v) is 6.81. The normalized spacial score (nSPS) is 10.8. The van der Waals surface area contributed by atoms with Crippen LogP contribution in [-0.2, 0) is 11.2 Å². The van der Waals surface area contributed by atoms with E-state index in [4.69, 9.17) is 0 Å². The maximum atomic E-state index is 12.0. The standard InChI is InChI=1S/C14H13N5O2S2/c1-2-9-4-3-5-10(6-9)16-11(20)8-22-14-18-19-12(21)7-15-17-13(19)23-14/h3-7H,2,8H2,1H3,(H,16,20). The highest BCUT2D eigenvalue weighted by Crippen LogP contribution is 2.23. The Bertz CT molecular complexity index is 905. The molecule has 0 fully saturated rings. The van der Waals surface area contributed by atoms with Crippen LogP contribution in [0.3, 0.4) is 0 Å². The summed E-state index contributed by atoms with van der Waals surface area (Å²) < 4.78 is 1.78. The van der Waals surface area contributed by atoms with E-state index in [1.165, 1.54) is 33.2 Å². The molecule has 0 aliphatic carbocycles. The van der Waals surface area contributed by atoms with E-state index < -0.39 is 0 Å². The lowest BCUT2D eigenvalue weighted by Crippen LogP contribution is -2.15. The van der Waals surface area contributed by atoms with Crippen molar-refractivity contribution < 1.29 is 4.79 Å². The molecule has 0 radical (unpaired) electrons. The van der Waals surface area contributed by atoms with E-state index in [9.17, 15) is 9.59 Å². The fraction of sp³-hybridized carbons (Fsp3) is 0.214. The zero-order chi connectivity index (χ0) is 16.2. The molecule has 1 N–H and O–H groups in total. The number of rotatable bonds is 5. The van der Waals surface area contributed by atoms with E-state index in [1.807, 2.05) is 24.3 Å². The van der Waals surface area contributed by atoms with Crippen LogP contribution in [0.15, 0.2) is 39.6 Å². The van der Waals surface area contributed by atoms with E-state index in [0.717, 1.165) is 18.3 Å². The van der Waals surface area contributed by atoms with Gasteiger partial charge in [-0.25, -0.2) is 0 Å². The van der Waals surface area contributed by atoms with E-state index in [1.54, 1.807) is 0 Å². The summed E-state index contributed by atoms with van der Waals surface area (Å²) in [6.07, 6.45) is 2.02. The van der Waals surface area contributed by atoms with Crippen molar-refractivity contribution in [3.8, 4) is 0 Å². The minimum atomic E-state index is -0.334. The maximum Gasteiger partial charge on any atom is 0.293 e. The smallest absolute Gasteiger partial charge is 0.293 e. The number of amides is 1. The number of hydrogen-bond acceptors (Lipinski definition) is 7. The largest absolute Gasteiger partial charge is 0.325 e. The van der Waals surface area contributed by atoms with Crippen molar-refractivity contribution in [2.45, 2.75) is 17.7 Å². The first-order chi connectivity index (χ1) is 11.2. The summed E-state index contributed by atoms with van der Waals surface area (Å²) in [4.78, 5) is 24.0. The second kappa shape index (κ2) is 6.88. The topological polar surface area (TPSA) is 89.3 Å². The molecule has 118 valence electrons. The van der Waals surface area contributed by atoms with Gasteiger partial charge in [-0.15, -0.1) is 10.2 Å². The summed E-state index contributed by atoms with van der Waals surface area (Å²) in [5.41, 5.74) is 1.61. The van der Waals surface area contributed by atoms with Gasteiger partial charge in [0.1, 0.15) is 6.20 Å². The summed E-state index contributed by atoms with van der Waals surface area (Å²) in [6, 6.07) is 7.74. The SMILES string of the molecule is CCc1cccc(NC(=O)CSc2nn3c(=O)cnnc3s2)c1. The molecule has 3 aromatic rings. The number of aromatic nitrogens is 4. The fourth-order valence-corrected chi connectivity index (χ4v) is 3.59. The number of nitrogens with one attached hydrogen (secondary N) is 1. The van der Waals surface area contributed by atoms with E-state index >= 15 is 0 Å². The molecule has 0 bridgehead atoms. The minimum absolute atomic E-state index is 0.124. The van der Waals surface area contributed by atoms with Crippen LogP contribution in [0.2, 0.25) is 0 Å². The van der Waals surface area contributed by atoms with E-state index in [2.05, 4.69) is 27.5 Å². The number of hydrogen-bond donors (Lipinski definition) is 1. The molecular weight excluding hydrogens is 334 g/mol. The monoisotopic (exact) mass is 347 g/mol. The van der Waals surface area contributed by atoms with Crippen LogP contribution in [0.4, 0.5) is 5.69 Å². The number of benzene rings is 1. The molecule has 23 heavy (non-hydrogen) atoms. The third-order valence-electron chi connectivity index (χ3n) is 3.01. The maximum absolute atomic E-state index is 12.0. The van der Waals surface area contributed by atoms with Gasteiger partial charge in [-0.2, -0.15) is 9.61 Å². The number of aryl methyl sites for hydroxylation is 1. The molecule has 2 aromatic heterocycles. The Kier molecular flexibility index (Phi) is 4.68. The van der Waals surface area contributed by atoms with Gasteiger partial charge in [0.15, 0.2) is 4.34 Å². The van der Waals surface area contributed by atoms with Crippen LogP contribution in [0.25, 0.3) is 4.96 Å². The molecule has 0 unspecified atom stereocenters. The molecule has 0 aliphatic rings. The third-order valence-corrected chi connectivity index (χ3v) is 5.04. The van der Waals surface area contributed by atoms with Crippen LogP contribution in [0, 0.1) is 0 Å². The molecule has 7 nitrogen and oxygen atoms in total. The average Bonchev–Trinajstić information content (AvgIpc) is 2.98. The Morgan fingerprint density at radius 2 is 2.30 bits per heavy atom. The van der Waals surface area contributed by atoms with E-state index in [-0.39, 0.29) is 17.2 Å². The predicted octanol–water partition coefficient (Wildman–Crippen LogP) is 1.84. The number of fused-ring (bicyclic) bond motifs is 1. The summed E-state index contributed by atoms with van der Waals surface area (Å²) >= 11 is 2.49. The van der Waals surface area contributed by atoms with Gasteiger partial charge in [0.05, 0.1) is 5.75 Å². The van der Waals surface area contributed by atoms with E-state index in [0.29, 0.717) is 9.30 Å². The highest BCUT2D eigenvalue weighted by molar-refractivity contribution is 8.01. The van der Waals surface area contributed by atoms with Crippen LogP contribution in [-0.4, -0.2) is 31.5 Å². The third kappa shape index (κ3) is 3.74. The van der Waals surface area contributed by atoms with Gasteiger partial charge in [-0.05, 0) is 24.1 Å². The van der Waals surface area contributed by atoms with Gasteiger partial charge in [0.2, 0.25) is 10.9 Å². The molecule has 0 atom stereocenters. The second-order valence-electron chi connectivity index (χ2n) is 4.64. The van der Waals surface area contributed by atoms with Crippen molar-refractivity contribution in [2.75, 3.05) is 11.1 Å². The first-order valence-corrected chi connectivity index (χ1v) is 8.69. The molecule has 3 rings (SSSR count). The van der Waals surface area contributed by atoms with Crippen LogP contribution < -0.4 is 10.9 Å². The lowest BCUT2D eigenvalue weighted by Gasteiger charge is -2.05. The van der Waals surface area contributed by atoms with Crippen molar-refractivity contribution >= 4 is 39.7 Å². The number of nitrogens with zero attached hydrogens (tertiary/aromatic N) is 4. The van der Waals surface area contributed by atoms with Crippen LogP contribution in [0.5, 0.6) is 0 Å². The Morgan fingerprint density at radius 1 is 1.43 bits per heavy atom.